The molecule has 2 heterocycles. The summed E-state index contributed by atoms with van der Waals surface area (Å²) in [6.07, 6.45) is 0.780. The van der Waals surface area contributed by atoms with Gasteiger partial charge >= 0.3 is 0 Å². The fourth-order valence-electron chi connectivity index (χ4n) is 4.87. The Morgan fingerprint density at radius 3 is 2.38 bits per heavy atom. The van der Waals surface area contributed by atoms with Crippen molar-refractivity contribution in [2.24, 2.45) is 17.6 Å². The minimum absolute atomic E-state index is 0.0346. The molecule has 170 valence electrons. The monoisotopic (exact) mass is 458 g/mol. The normalized spacial score (nSPS) is 21.4. The number of nitrogens with zero attached hydrogens (tertiary/aromatic N) is 2. The molecule has 0 bridgehead atoms. The van der Waals surface area contributed by atoms with Crippen LogP contribution in [0.3, 0.4) is 0 Å². The van der Waals surface area contributed by atoms with Crippen molar-refractivity contribution in [3.8, 4) is 0 Å². The number of nitrogens with two attached hydrogens (primary N) is 1. The zero-order valence-corrected chi connectivity index (χ0v) is 18.6. The molecular formula is C24H28ClFN4O2. The Labute approximate surface area is 192 Å². The van der Waals surface area contributed by atoms with Crippen LogP contribution in [-0.2, 0) is 4.79 Å². The van der Waals surface area contributed by atoms with Crippen LogP contribution in [0.5, 0.6) is 0 Å². The third kappa shape index (κ3) is 4.95. The molecule has 2 aliphatic heterocycles. The van der Waals surface area contributed by atoms with Crippen molar-refractivity contribution in [3.05, 3.63) is 70.5 Å². The van der Waals surface area contributed by atoms with Crippen LogP contribution in [0.4, 0.5) is 4.39 Å². The molecule has 0 spiro atoms. The van der Waals surface area contributed by atoms with Crippen LogP contribution in [0.25, 0.3) is 0 Å². The van der Waals surface area contributed by atoms with E-state index in [1.54, 1.807) is 11.0 Å². The third-order valence-corrected chi connectivity index (χ3v) is 6.80. The molecule has 2 unspecified atom stereocenters. The lowest BCUT2D eigenvalue weighted by molar-refractivity contribution is -0.120. The number of benzene rings is 2. The Kier molecular flexibility index (Phi) is 7.08. The first-order valence-corrected chi connectivity index (χ1v) is 11.3. The Bertz CT molecular complexity index is 939. The first-order chi connectivity index (χ1) is 15.5. The highest BCUT2D eigenvalue weighted by atomic mass is 35.5. The lowest BCUT2D eigenvalue weighted by Gasteiger charge is -2.25. The van der Waals surface area contributed by atoms with Crippen molar-refractivity contribution in [3.63, 3.8) is 0 Å². The molecule has 3 N–H and O–H groups in total. The van der Waals surface area contributed by atoms with Gasteiger partial charge in [-0.3, -0.25) is 9.59 Å². The average molecular weight is 459 g/mol. The van der Waals surface area contributed by atoms with Crippen LogP contribution in [0, 0.1) is 17.7 Å². The van der Waals surface area contributed by atoms with E-state index in [1.165, 1.54) is 12.1 Å². The molecule has 4 rings (SSSR count). The van der Waals surface area contributed by atoms with Crippen LogP contribution in [-0.4, -0.2) is 60.9 Å². The first-order valence-electron chi connectivity index (χ1n) is 11.0. The zero-order chi connectivity index (χ0) is 22.7. The number of hydrogen-bond acceptors (Lipinski definition) is 4. The third-order valence-electron chi connectivity index (χ3n) is 6.48. The molecule has 32 heavy (non-hydrogen) atoms. The summed E-state index contributed by atoms with van der Waals surface area (Å²) >= 11 is 6.08. The lowest BCUT2D eigenvalue weighted by Crippen LogP contribution is -2.37. The second-order valence-electron chi connectivity index (χ2n) is 8.61. The van der Waals surface area contributed by atoms with Gasteiger partial charge in [0.1, 0.15) is 5.82 Å². The number of fused-ring (bicyclic) bond motifs is 1. The molecule has 2 aromatic rings. The van der Waals surface area contributed by atoms with Crippen molar-refractivity contribution in [2.75, 3.05) is 39.3 Å². The molecule has 6 nitrogen and oxygen atoms in total. The van der Waals surface area contributed by atoms with E-state index in [4.69, 9.17) is 17.3 Å². The molecule has 2 fully saturated rings. The maximum absolute atomic E-state index is 14.2. The molecule has 0 saturated carbocycles. The number of halogens is 2. The minimum Gasteiger partial charge on any atom is -0.348 e. The Balaban J connectivity index is 1.33. The second-order valence-corrected chi connectivity index (χ2v) is 9.02. The van der Waals surface area contributed by atoms with E-state index in [9.17, 15) is 14.0 Å². The summed E-state index contributed by atoms with van der Waals surface area (Å²) in [6, 6.07) is 14.1. The number of rotatable bonds is 7. The Morgan fingerprint density at radius 1 is 1.06 bits per heavy atom. The summed E-state index contributed by atoms with van der Waals surface area (Å²) in [5.41, 5.74) is 6.52. The number of amides is 2. The van der Waals surface area contributed by atoms with Crippen LogP contribution in [0.15, 0.2) is 48.5 Å². The van der Waals surface area contributed by atoms with Gasteiger partial charge in [0, 0.05) is 32.7 Å². The molecule has 0 aliphatic carbocycles. The standard InChI is InChI=1S/C24H28ClFN4O2/c25-19-7-4-8-20(26)23(19)24(32)30-14-17-12-29(13-18(17)15-30)10-9-21(28-22(31)11-27)16-5-2-1-3-6-16/h1-8,17-18,21H,9-15,27H2,(H,28,31)/t17?,18?,21-/m0/s1. The van der Waals surface area contributed by atoms with Crippen LogP contribution < -0.4 is 11.1 Å². The maximum Gasteiger partial charge on any atom is 0.258 e. The van der Waals surface area contributed by atoms with Gasteiger partial charge in [-0.05, 0) is 36.0 Å². The van der Waals surface area contributed by atoms with Crippen molar-refractivity contribution in [1.82, 2.24) is 15.1 Å². The predicted octanol–water partition coefficient (Wildman–Crippen LogP) is 2.69. The molecule has 2 amide bonds. The van der Waals surface area contributed by atoms with Crippen LogP contribution >= 0.6 is 11.6 Å². The number of hydrogen-bond donors (Lipinski definition) is 2. The van der Waals surface area contributed by atoms with E-state index in [0.29, 0.717) is 24.9 Å². The Hall–Kier alpha value is -2.48. The molecule has 0 aromatic heterocycles. The summed E-state index contributed by atoms with van der Waals surface area (Å²) < 4.78 is 14.2. The van der Waals surface area contributed by atoms with Gasteiger partial charge in [0.2, 0.25) is 5.91 Å². The first kappa shape index (κ1) is 22.7. The quantitative estimate of drug-likeness (QED) is 0.668. The fraction of sp³-hybridized carbons (Fsp3) is 0.417. The molecule has 2 aliphatic rings. The second kappa shape index (κ2) is 9.98. The van der Waals surface area contributed by atoms with Crippen molar-refractivity contribution in [1.29, 1.82) is 0 Å². The molecule has 3 atom stereocenters. The molecular weight excluding hydrogens is 431 g/mol. The topological polar surface area (TPSA) is 78.7 Å². The van der Waals surface area contributed by atoms with E-state index in [1.807, 2.05) is 30.3 Å². The van der Waals surface area contributed by atoms with Gasteiger partial charge in [0.15, 0.2) is 0 Å². The van der Waals surface area contributed by atoms with E-state index in [-0.39, 0.29) is 35.0 Å². The predicted molar refractivity (Wildman–Crippen MR) is 122 cm³/mol. The highest BCUT2D eigenvalue weighted by Crippen LogP contribution is 2.33. The number of carbonyl (C=O) groups excluding carboxylic acids is 2. The van der Waals surface area contributed by atoms with Gasteiger partial charge in [-0.15, -0.1) is 0 Å². The minimum atomic E-state index is -0.576. The van der Waals surface area contributed by atoms with E-state index in [0.717, 1.165) is 31.6 Å². The number of likely N-dealkylation sites (tertiary alicyclic amines) is 2. The zero-order valence-electron chi connectivity index (χ0n) is 17.8. The van der Waals surface area contributed by atoms with Crippen molar-refractivity contribution in [2.45, 2.75) is 12.5 Å². The Morgan fingerprint density at radius 2 is 1.75 bits per heavy atom. The van der Waals surface area contributed by atoms with Crippen molar-refractivity contribution >= 4 is 23.4 Å². The number of nitrogens with one attached hydrogen (secondary N) is 1. The van der Waals surface area contributed by atoms with Gasteiger partial charge in [0.05, 0.1) is 23.2 Å². The van der Waals surface area contributed by atoms with E-state index in [2.05, 4.69) is 10.2 Å². The summed E-state index contributed by atoms with van der Waals surface area (Å²) in [7, 11) is 0. The van der Waals surface area contributed by atoms with Crippen LogP contribution in [0.2, 0.25) is 5.02 Å². The molecule has 2 aromatic carbocycles. The van der Waals surface area contributed by atoms with E-state index >= 15 is 0 Å². The van der Waals surface area contributed by atoms with Gasteiger partial charge in [-0.1, -0.05) is 48.0 Å². The molecule has 8 heteroatoms. The molecule has 0 radical (unpaired) electrons. The van der Waals surface area contributed by atoms with Gasteiger partial charge < -0.3 is 20.9 Å². The maximum atomic E-state index is 14.2. The summed E-state index contributed by atoms with van der Waals surface area (Å²) in [6.45, 7) is 3.78. The molecule has 2 saturated heterocycles. The summed E-state index contributed by atoms with van der Waals surface area (Å²) in [5.74, 6) is -0.356. The van der Waals surface area contributed by atoms with Gasteiger partial charge in [-0.2, -0.15) is 0 Å². The number of carbonyl (C=O) groups is 2. The fourth-order valence-corrected chi connectivity index (χ4v) is 5.12. The smallest absolute Gasteiger partial charge is 0.258 e. The van der Waals surface area contributed by atoms with Crippen molar-refractivity contribution < 1.29 is 14.0 Å². The van der Waals surface area contributed by atoms with E-state index < -0.39 is 5.82 Å². The lowest BCUT2D eigenvalue weighted by atomic mass is 10.0. The largest absolute Gasteiger partial charge is 0.348 e. The highest BCUT2D eigenvalue weighted by molar-refractivity contribution is 6.33. The highest BCUT2D eigenvalue weighted by Gasteiger charge is 2.42. The summed E-state index contributed by atoms with van der Waals surface area (Å²) in [4.78, 5) is 28.8. The average Bonchev–Trinajstić information content (AvgIpc) is 3.36. The SMILES string of the molecule is NCC(=O)N[C@@H](CCN1CC2CN(C(=O)c3c(F)cccc3Cl)CC2C1)c1ccccc1. The van der Waals surface area contributed by atoms with Gasteiger partial charge in [-0.25, -0.2) is 4.39 Å². The van der Waals surface area contributed by atoms with Crippen LogP contribution in [0.1, 0.15) is 28.4 Å². The van der Waals surface area contributed by atoms with Gasteiger partial charge in [0.25, 0.3) is 5.91 Å². The summed E-state index contributed by atoms with van der Waals surface area (Å²) in [5, 5.41) is 3.17.